The average molecular weight is 425 g/mol. The number of fused-ring (bicyclic) bond motifs is 1. The lowest BCUT2D eigenvalue weighted by Crippen LogP contribution is -2.85. The van der Waals surface area contributed by atoms with E-state index in [-0.39, 0.29) is 11.6 Å². The van der Waals surface area contributed by atoms with Crippen LogP contribution < -0.4 is 20.3 Å². The van der Waals surface area contributed by atoms with Gasteiger partial charge < -0.3 is 19.8 Å². The lowest BCUT2D eigenvalue weighted by atomic mass is 9.92. The normalized spacial score (nSPS) is 13.4. The van der Waals surface area contributed by atoms with Gasteiger partial charge in [-0.15, -0.1) is 0 Å². The maximum atomic E-state index is 12.6. The van der Waals surface area contributed by atoms with Gasteiger partial charge >= 0.3 is 0 Å². The Kier molecular flexibility index (Phi) is 7.33. The van der Waals surface area contributed by atoms with E-state index in [1.807, 2.05) is 0 Å². The molecular formula is C25H34N3O3+. The van der Waals surface area contributed by atoms with E-state index in [1.54, 1.807) is 26.4 Å². The maximum absolute atomic E-state index is 12.6. The zero-order valence-corrected chi connectivity index (χ0v) is 19.4. The molecule has 0 amide bonds. The molecule has 2 atom stereocenters. The fraction of sp³-hybridized carbons (Fsp3) is 0.440. The molecule has 6 nitrogen and oxygen atoms in total. The summed E-state index contributed by atoms with van der Waals surface area (Å²) in [4.78, 5) is 20.2. The molecule has 0 spiro atoms. The summed E-state index contributed by atoms with van der Waals surface area (Å²) in [6, 6.07) is 12.6. The maximum Gasteiger partial charge on any atom is 0.259 e. The molecular weight excluding hydrogens is 390 g/mol. The number of hydrogen-bond acceptors (Lipinski definition) is 4. The number of hydrogen-bond donors (Lipinski definition) is 2. The van der Waals surface area contributed by atoms with Gasteiger partial charge in [0.05, 0.1) is 25.1 Å². The number of ether oxygens (including phenoxy) is 2. The fourth-order valence-electron chi connectivity index (χ4n) is 3.93. The molecule has 1 aromatic heterocycles. The van der Waals surface area contributed by atoms with Crippen molar-refractivity contribution >= 4 is 10.9 Å². The molecule has 0 aliphatic carbocycles. The van der Waals surface area contributed by atoms with Crippen LogP contribution in [0.2, 0.25) is 0 Å². The monoisotopic (exact) mass is 424 g/mol. The Hall–Kier alpha value is -2.86. The quantitative estimate of drug-likeness (QED) is 0.546. The number of nitrogens with zero attached hydrogens (tertiary/aromatic N) is 1. The van der Waals surface area contributed by atoms with E-state index < -0.39 is 0 Å². The van der Waals surface area contributed by atoms with Crippen LogP contribution in [-0.4, -0.2) is 24.2 Å². The molecule has 31 heavy (non-hydrogen) atoms. The summed E-state index contributed by atoms with van der Waals surface area (Å²) in [5.74, 6) is 2.72. The number of aromatic amines is 1. The van der Waals surface area contributed by atoms with Crippen LogP contribution in [0.5, 0.6) is 11.5 Å². The second-order valence-corrected chi connectivity index (χ2v) is 8.42. The number of benzene rings is 2. The zero-order chi connectivity index (χ0) is 22.5. The van der Waals surface area contributed by atoms with E-state index >= 15 is 0 Å². The molecule has 0 radical (unpaired) electrons. The lowest BCUT2D eigenvalue weighted by molar-refractivity contribution is -0.718. The van der Waals surface area contributed by atoms with E-state index in [0.29, 0.717) is 46.6 Å². The van der Waals surface area contributed by atoms with Crippen LogP contribution in [0.15, 0.2) is 41.2 Å². The van der Waals surface area contributed by atoms with Crippen molar-refractivity contribution in [1.82, 2.24) is 9.97 Å². The summed E-state index contributed by atoms with van der Waals surface area (Å²) in [5, 5.41) is 2.73. The minimum atomic E-state index is -0.173. The number of rotatable bonds is 9. The molecule has 0 bridgehead atoms. The molecule has 0 saturated carbocycles. The molecule has 3 rings (SSSR count). The van der Waals surface area contributed by atoms with Gasteiger partial charge in [0.25, 0.3) is 5.56 Å². The third-order valence-corrected chi connectivity index (χ3v) is 6.05. The Morgan fingerprint density at radius 1 is 1.00 bits per heavy atom. The van der Waals surface area contributed by atoms with E-state index in [0.717, 1.165) is 6.42 Å². The number of nitrogens with one attached hydrogen (secondary N) is 1. The van der Waals surface area contributed by atoms with Crippen LogP contribution in [0.1, 0.15) is 63.0 Å². The van der Waals surface area contributed by atoms with Gasteiger partial charge in [-0.25, -0.2) is 4.98 Å². The van der Waals surface area contributed by atoms with Crippen molar-refractivity contribution in [3.8, 4) is 11.5 Å². The molecule has 3 aromatic rings. The van der Waals surface area contributed by atoms with Crippen LogP contribution in [0.25, 0.3) is 10.9 Å². The van der Waals surface area contributed by atoms with Gasteiger partial charge in [-0.3, -0.25) is 4.79 Å². The van der Waals surface area contributed by atoms with Gasteiger partial charge in [-0.2, -0.15) is 0 Å². The van der Waals surface area contributed by atoms with E-state index in [1.165, 1.54) is 11.1 Å². The Balaban J connectivity index is 1.84. The Morgan fingerprint density at radius 3 is 2.19 bits per heavy atom. The van der Waals surface area contributed by atoms with E-state index in [9.17, 15) is 4.79 Å². The van der Waals surface area contributed by atoms with Gasteiger partial charge in [0.15, 0.2) is 17.3 Å². The van der Waals surface area contributed by atoms with Crippen molar-refractivity contribution in [2.24, 2.45) is 5.92 Å². The number of methoxy groups -OCH3 is 2. The second-order valence-electron chi connectivity index (χ2n) is 8.42. The molecule has 0 saturated heterocycles. The summed E-state index contributed by atoms with van der Waals surface area (Å²) in [5.41, 5.74) is 3.09. The van der Waals surface area contributed by atoms with Gasteiger partial charge in [0, 0.05) is 17.5 Å². The minimum Gasteiger partial charge on any atom is -0.493 e. The highest BCUT2D eigenvalue weighted by molar-refractivity contribution is 5.81. The molecule has 3 N–H and O–H groups in total. The van der Waals surface area contributed by atoms with Crippen molar-refractivity contribution in [1.29, 1.82) is 0 Å². The number of nitrogens with two attached hydrogens (primary N) is 1. The van der Waals surface area contributed by atoms with Crippen LogP contribution in [0.3, 0.4) is 0 Å². The Labute approximate surface area is 184 Å². The Morgan fingerprint density at radius 2 is 1.61 bits per heavy atom. The summed E-state index contributed by atoms with van der Waals surface area (Å²) >= 11 is 0. The van der Waals surface area contributed by atoms with Crippen molar-refractivity contribution in [2.45, 2.75) is 52.6 Å². The van der Waals surface area contributed by atoms with E-state index in [2.05, 4.69) is 67.2 Å². The largest absolute Gasteiger partial charge is 0.493 e. The summed E-state index contributed by atoms with van der Waals surface area (Å²) in [7, 11) is 3.13. The van der Waals surface area contributed by atoms with Crippen LogP contribution in [-0.2, 0) is 6.54 Å². The standard InChI is InChI=1S/C25H33N3O3/c1-7-16(4)17-8-10-18(11-9-17)24(15(2)3)26-14-23-27-20-13-22(31-6)21(30-5)12-19(20)25(29)28-23/h8-13,15-16,24,26H,7,14H2,1-6H3,(H,27,28,29)/p+1/t16-,24-/m1/s1. The smallest absolute Gasteiger partial charge is 0.259 e. The Bertz CT molecular complexity index is 1070. The predicted molar refractivity (Wildman–Crippen MR) is 124 cm³/mol. The van der Waals surface area contributed by atoms with Gasteiger partial charge in [-0.05, 0) is 24.0 Å². The first kappa shape index (κ1) is 22.8. The van der Waals surface area contributed by atoms with Crippen LogP contribution >= 0.6 is 0 Å². The van der Waals surface area contributed by atoms with Crippen molar-refractivity contribution in [3.05, 3.63) is 63.7 Å². The fourth-order valence-corrected chi connectivity index (χ4v) is 3.93. The highest BCUT2D eigenvalue weighted by Crippen LogP contribution is 2.30. The van der Waals surface area contributed by atoms with Gasteiger partial charge in [-0.1, -0.05) is 52.0 Å². The minimum absolute atomic E-state index is 0.173. The number of aromatic nitrogens is 2. The third-order valence-electron chi connectivity index (χ3n) is 6.05. The first-order valence-corrected chi connectivity index (χ1v) is 11.0. The zero-order valence-electron chi connectivity index (χ0n) is 19.4. The molecule has 0 unspecified atom stereocenters. The van der Waals surface area contributed by atoms with Crippen LogP contribution in [0, 0.1) is 5.92 Å². The summed E-state index contributed by atoms with van der Waals surface area (Å²) < 4.78 is 10.7. The molecule has 6 heteroatoms. The summed E-state index contributed by atoms with van der Waals surface area (Å²) in [6.45, 7) is 9.49. The number of quaternary nitrogens is 1. The second kappa shape index (κ2) is 9.96. The lowest BCUT2D eigenvalue weighted by Gasteiger charge is -2.20. The van der Waals surface area contributed by atoms with Crippen LogP contribution in [0.4, 0.5) is 0 Å². The molecule has 166 valence electrons. The molecule has 1 heterocycles. The molecule has 0 aliphatic rings. The molecule has 0 aliphatic heterocycles. The van der Waals surface area contributed by atoms with E-state index in [4.69, 9.17) is 9.47 Å². The first-order valence-electron chi connectivity index (χ1n) is 11.0. The van der Waals surface area contributed by atoms with Crippen molar-refractivity contribution in [2.75, 3.05) is 14.2 Å². The first-order chi connectivity index (χ1) is 14.9. The van der Waals surface area contributed by atoms with Crippen molar-refractivity contribution in [3.63, 3.8) is 0 Å². The topological polar surface area (TPSA) is 80.8 Å². The molecule has 0 fully saturated rings. The number of H-pyrrole nitrogens is 1. The highest BCUT2D eigenvalue weighted by Gasteiger charge is 2.20. The third kappa shape index (κ3) is 5.07. The SMILES string of the molecule is CC[C@@H](C)c1ccc([C@H]([NH2+]Cc2nc3cc(OC)c(OC)cc3c(=O)[nH]2)C(C)C)cc1. The predicted octanol–water partition coefficient (Wildman–Crippen LogP) is 3.91. The summed E-state index contributed by atoms with van der Waals surface area (Å²) in [6.07, 6.45) is 1.14. The molecule has 2 aromatic carbocycles. The van der Waals surface area contributed by atoms with Crippen molar-refractivity contribution < 1.29 is 14.8 Å². The average Bonchev–Trinajstić information content (AvgIpc) is 2.78. The highest BCUT2D eigenvalue weighted by atomic mass is 16.5. The van der Waals surface area contributed by atoms with Gasteiger partial charge in [0.1, 0.15) is 12.6 Å². The van der Waals surface area contributed by atoms with Gasteiger partial charge in [0.2, 0.25) is 0 Å².